The molecule has 25 heavy (non-hydrogen) atoms. The number of rotatable bonds is 7. The molecule has 1 amide bonds. The molecule has 3 rings (SSSR count). The number of carbonyl (C=O) groups excluding carboxylic acids is 1. The number of benzene rings is 1. The third-order valence-electron chi connectivity index (χ3n) is 3.56. The number of imidazole rings is 1. The van der Waals surface area contributed by atoms with E-state index in [-0.39, 0.29) is 11.9 Å². The summed E-state index contributed by atoms with van der Waals surface area (Å²) in [5.74, 6) is 1.19. The maximum atomic E-state index is 11.9. The first-order chi connectivity index (χ1) is 12.1. The Hall–Kier alpha value is -2.47. The van der Waals surface area contributed by atoms with Crippen molar-refractivity contribution >= 4 is 17.7 Å². The van der Waals surface area contributed by atoms with Crippen molar-refractivity contribution in [3.05, 3.63) is 60.7 Å². The Balaban J connectivity index is 1.84. The maximum absolute atomic E-state index is 11.9. The van der Waals surface area contributed by atoms with E-state index in [2.05, 4.69) is 27.0 Å². The minimum atomic E-state index is 0.00816. The van der Waals surface area contributed by atoms with Crippen LogP contribution in [0.25, 0.3) is 11.3 Å². The molecule has 6 heteroatoms. The maximum Gasteiger partial charge on any atom is 0.230 e. The molecular formula is C19H21N3O2S. The van der Waals surface area contributed by atoms with Gasteiger partial charge in [-0.05, 0) is 31.5 Å². The molecule has 0 spiro atoms. The molecule has 2 aromatic heterocycles. The highest BCUT2D eigenvalue weighted by Gasteiger charge is 2.15. The molecule has 0 aliphatic heterocycles. The Kier molecular flexibility index (Phi) is 5.60. The van der Waals surface area contributed by atoms with Gasteiger partial charge < -0.3 is 14.3 Å². The third kappa shape index (κ3) is 4.54. The van der Waals surface area contributed by atoms with Crippen LogP contribution in [0, 0.1) is 0 Å². The van der Waals surface area contributed by atoms with Crippen LogP contribution in [0.1, 0.15) is 19.6 Å². The van der Waals surface area contributed by atoms with Gasteiger partial charge in [-0.2, -0.15) is 0 Å². The predicted molar refractivity (Wildman–Crippen MR) is 99.5 cm³/mol. The fourth-order valence-electron chi connectivity index (χ4n) is 2.52. The van der Waals surface area contributed by atoms with Gasteiger partial charge in [0.05, 0.1) is 30.5 Å². The second kappa shape index (κ2) is 8.07. The average molecular weight is 355 g/mol. The summed E-state index contributed by atoms with van der Waals surface area (Å²) in [6.07, 6.45) is 3.51. The number of hydrogen-bond acceptors (Lipinski definition) is 4. The third-order valence-corrected chi connectivity index (χ3v) is 4.56. The smallest absolute Gasteiger partial charge is 0.230 e. The van der Waals surface area contributed by atoms with Crippen LogP contribution in [0.5, 0.6) is 0 Å². The summed E-state index contributed by atoms with van der Waals surface area (Å²) < 4.78 is 7.58. The minimum Gasteiger partial charge on any atom is -0.467 e. The molecule has 0 aliphatic carbocycles. The van der Waals surface area contributed by atoms with E-state index >= 15 is 0 Å². The van der Waals surface area contributed by atoms with E-state index in [4.69, 9.17) is 4.42 Å². The van der Waals surface area contributed by atoms with Crippen LogP contribution in [-0.4, -0.2) is 27.3 Å². The van der Waals surface area contributed by atoms with Crippen LogP contribution in [0.15, 0.2) is 64.5 Å². The van der Waals surface area contributed by atoms with Crippen molar-refractivity contribution in [2.24, 2.45) is 0 Å². The summed E-state index contributed by atoms with van der Waals surface area (Å²) in [7, 11) is 0. The zero-order valence-electron chi connectivity index (χ0n) is 14.3. The first-order valence-corrected chi connectivity index (χ1v) is 9.17. The van der Waals surface area contributed by atoms with Crippen LogP contribution in [-0.2, 0) is 11.3 Å². The number of aromatic nitrogens is 2. The monoisotopic (exact) mass is 355 g/mol. The number of amides is 1. The van der Waals surface area contributed by atoms with Gasteiger partial charge in [0, 0.05) is 6.04 Å². The summed E-state index contributed by atoms with van der Waals surface area (Å²) in [5.41, 5.74) is 2.09. The summed E-state index contributed by atoms with van der Waals surface area (Å²) in [5, 5.41) is 3.70. The molecule has 0 saturated carbocycles. The molecule has 0 bridgehead atoms. The predicted octanol–water partition coefficient (Wildman–Crippen LogP) is 3.81. The summed E-state index contributed by atoms with van der Waals surface area (Å²) >= 11 is 1.43. The van der Waals surface area contributed by atoms with Gasteiger partial charge in [0.2, 0.25) is 5.91 Å². The topological polar surface area (TPSA) is 60.1 Å². The minimum absolute atomic E-state index is 0.00816. The van der Waals surface area contributed by atoms with Gasteiger partial charge in [0.15, 0.2) is 5.16 Å². The van der Waals surface area contributed by atoms with Crippen molar-refractivity contribution in [1.82, 2.24) is 14.9 Å². The SMILES string of the molecule is CC(C)NC(=O)CSc1ncc(-c2ccccc2)n1Cc1ccco1. The van der Waals surface area contributed by atoms with Gasteiger partial charge in [-0.15, -0.1) is 0 Å². The Morgan fingerprint density at radius 3 is 2.72 bits per heavy atom. The zero-order chi connectivity index (χ0) is 17.6. The molecule has 0 saturated heterocycles. The van der Waals surface area contributed by atoms with E-state index in [1.54, 1.807) is 6.26 Å². The van der Waals surface area contributed by atoms with Crippen LogP contribution >= 0.6 is 11.8 Å². The first-order valence-electron chi connectivity index (χ1n) is 8.19. The standard InChI is InChI=1S/C19H21N3O2S/c1-14(2)21-18(23)13-25-19-20-11-17(15-7-4-3-5-8-15)22(19)12-16-9-6-10-24-16/h3-11,14H,12-13H2,1-2H3,(H,21,23). The summed E-state index contributed by atoms with van der Waals surface area (Å²) in [4.78, 5) is 16.5. The number of thioether (sulfide) groups is 1. The summed E-state index contributed by atoms with van der Waals surface area (Å²) in [6, 6.07) is 14.0. The number of furan rings is 1. The number of nitrogens with one attached hydrogen (secondary N) is 1. The molecule has 2 heterocycles. The Morgan fingerprint density at radius 2 is 2.04 bits per heavy atom. The van der Waals surface area contributed by atoms with E-state index < -0.39 is 0 Å². The lowest BCUT2D eigenvalue weighted by Crippen LogP contribution is -2.31. The lowest BCUT2D eigenvalue weighted by atomic mass is 10.2. The van der Waals surface area contributed by atoms with E-state index in [9.17, 15) is 4.79 Å². The molecule has 1 N–H and O–H groups in total. The molecule has 5 nitrogen and oxygen atoms in total. The van der Waals surface area contributed by atoms with Crippen molar-refractivity contribution < 1.29 is 9.21 Å². The fourth-order valence-corrected chi connectivity index (χ4v) is 3.31. The first kappa shape index (κ1) is 17.4. The van der Waals surface area contributed by atoms with Crippen LogP contribution < -0.4 is 5.32 Å². The lowest BCUT2D eigenvalue weighted by molar-refractivity contribution is -0.119. The van der Waals surface area contributed by atoms with Gasteiger partial charge in [-0.25, -0.2) is 4.98 Å². The quantitative estimate of drug-likeness (QED) is 0.655. The molecular weight excluding hydrogens is 334 g/mol. The molecule has 3 aromatic rings. The largest absolute Gasteiger partial charge is 0.467 e. The average Bonchev–Trinajstić information content (AvgIpc) is 3.24. The lowest BCUT2D eigenvalue weighted by Gasteiger charge is -2.11. The highest BCUT2D eigenvalue weighted by Crippen LogP contribution is 2.27. The van der Waals surface area contributed by atoms with E-state index in [1.807, 2.05) is 50.4 Å². The summed E-state index contributed by atoms with van der Waals surface area (Å²) in [6.45, 7) is 4.48. The van der Waals surface area contributed by atoms with Crippen molar-refractivity contribution in [3.63, 3.8) is 0 Å². The van der Waals surface area contributed by atoms with Gasteiger partial charge in [-0.3, -0.25) is 4.79 Å². The second-order valence-corrected chi connectivity index (χ2v) is 6.91. The van der Waals surface area contributed by atoms with Crippen molar-refractivity contribution in [1.29, 1.82) is 0 Å². The van der Waals surface area contributed by atoms with E-state index in [1.165, 1.54) is 11.8 Å². The van der Waals surface area contributed by atoms with Crippen molar-refractivity contribution in [3.8, 4) is 11.3 Å². The molecule has 1 aromatic carbocycles. The molecule has 0 fully saturated rings. The molecule has 130 valence electrons. The van der Waals surface area contributed by atoms with Gasteiger partial charge >= 0.3 is 0 Å². The molecule has 0 aliphatic rings. The van der Waals surface area contributed by atoms with E-state index in [0.717, 1.165) is 22.2 Å². The number of nitrogens with zero attached hydrogens (tertiary/aromatic N) is 2. The van der Waals surface area contributed by atoms with Crippen molar-refractivity contribution in [2.75, 3.05) is 5.75 Å². The number of hydrogen-bond donors (Lipinski definition) is 1. The molecule has 0 atom stereocenters. The van der Waals surface area contributed by atoms with Crippen LogP contribution in [0.2, 0.25) is 0 Å². The Labute approximate surface area is 151 Å². The zero-order valence-corrected chi connectivity index (χ0v) is 15.1. The van der Waals surface area contributed by atoms with Gasteiger partial charge in [-0.1, -0.05) is 42.1 Å². The molecule has 0 unspecified atom stereocenters. The normalized spacial score (nSPS) is 11.0. The number of carbonyl (C=O) groups is 1. The Bertz CT molecular complexity index is 811. The van der Waals surface area contributed by atoms with Crippen LogP contribution in [0.4, 0.5) is 0 Å². The highest BCUT2D eigenvalue weighted by atomic mass is 32.2. The van der Waals surface area contributed by atoms with Gasteiger partial charge in [0.1, 0.15) is 5.76 Å². The fraction of sp³-hybridized carbons (Fsp3) is 0.263. The van der Waals surface area contributed by atoms with Crippen molar-refractivity contribution in [2.45, 2.75) is 31.6 Å². The molecule has 0 radical (unpaired) electrons. The second-order valence-electron chi connectivity index (χ2n) is 5.97. The Morgan fingerprint density at radius 1 is 1.24 bits per heavy atom. The van der Waals surface area contributed by atoms with Gasteiger partial charge in [0.25, 0.3) is 0 Å². The highest BCUT2D eigenvalue weighted by molar-refractivity contribution is 7.99. The van der Waals surface area contributed by atoms with Crippen LogP contribution in [0.3, 0.4) is 0 Å². The van der Waals surface area contributed by atoms with E-state index in [0.29, 0.717) is 12.3 Å².